The van der Waals surface area contributed by atoms with Crippen LogP contribution in [0, 0.1) is 0 Å². The molecule has 0 fully saturated rings. The highest BCUT2D eigenvalue weighted by atomic mass is 32.2. The van der Waals surface area contributed by atoms with Crippen molar-refractivity contribution >= 4 is 11.8 Å². The Labute approximate surface area is 145 Å². The topological polar surface area (TPSA) is 69.6 Å². The Bertz CT molecular complexity index is 776. The van der Waals surface area contributed by atoms with Crippen molar-refractivity contribution in [1.82, 2.24) is 24.9 Å². The molecule has 0 spiro atoms. The van der Waals surface area contributed by atoms with Crippen molar-refractivity contribution in [2.24, 2.45) is 0 Å². The SMILES string of the molecule is CC(C)(C)n1ncnc1CSCc1noc(Cc2ccccc2)n1. The van der Waals surface area contributed by atoms with E-state index in [-0.39, 0.29) is 5.54 Å². The van der Waals surface area contributed by atoms with Gasteiger partial charge < -0.3 is 4.52 Å². The molecule has 3 rings (SSSR count). The molecule has 2 heterocycles. The first-order chi connectivity index (χ1) is 11.5. The van der Waals surface area contributed by atoms with E-state index < -0.39 is 0 Å². The van der Waals surface area contributed by atoms with Gasteiger partial charge in [0.1, 0.15) is 12.2 Å². The number of nitrogens with zero attached hydrogens (tertiary/aromatic N) is 5. The second-order valence-corrected chi connectivity index (χ2v) is 7.50. The third kappa shape index (κ3) is 4.23. The summed E-state index contributed by atoms with van der Waals surface area (Å²) in [5.41, 5.74) is 1.10. The Morgan fingerprint density at radius 3 is 2.67 bits per heavy atom. The molecule has 0 aliphatic rings. The van der Waals surface area contributed by atoms with E-state index in [0.29, 0.717) is 23.9 Å². The van der Waals surface area contributed by atoms with Crippen molar-refractivity contribution in [2.75, 3.05) is 0 Å². The maximum atomic E-state index is 5.33. The average Bonchev–Trinajstić information content (AvgIpc) is 3.17. The first kappa shape index (κ1) is 16.7. The average molecular weight is 343 g/mol. The summed E-state index contributed by atoms with van der Waals surface area (Å²) >= 11 is 1.71. The minimum atomic E-state index is -0.0681. The molecule has 0 aliphatic carbocycles. The summed E-state index contributed by atoms with van der Waals surface area (Å²) in [5.74, 6) is 3.78. The van der Waals surface area contributed by atoms with Crippen LogP contribution >= 0.6 is 11.8 Å². The lowest BCUT2D eigenvalue weighted by Crippen LogP contribution is -2.25. The van der Waals surface area contributed by atoms with E-state index >= 15 is 0 Å². The van der Waals surface area contributed by atoms with Gasteiger partial charge in [-0.1, -0.05) is 35.5 Å². The molecule has 0 amide bonds. The maximum absolute atomic E-state index is 5.33. The normalized spacial score (nSPS) is 11.8. The molecule has 126 valence electrons. The first-order valence-electron chi connectivity index (χ1n) is 7.85. The number of hydrogen-bond donors (Lipinski definition) is 0. The van der Waals surface area contributed by atoms with Gasteiger partial charge in [-0.05, 0) is 26.3 Å². The maximum Gasteiger partial charge on any atom is 0.231 e. The van der Waals surface area contributed by atoms with Crippen molar-refractivity contribution in [2.45, 2.75) is 44.2 Å². The third-order valence-corrected chi connectivity index (χ3v) is 4.35. The minimum absolute atomic E-state index is 0.0681. The molecular weight excluding hydrogens is 322 g/mol. The van der Waals surface area contributed by atoms with Crippen molar-refractivity contribution in [3.8, 4) is 0 Å². The van der Waals surface area contributed by atoms with Crippen LogP contribution in [0.2, 0.25) is 0 Å². The van der Waals surface area contributed by atoms with Gasteiger partial charge in [0.05, 0.1) is 23.5 Å². The van der Waals surface area contributed by atoms with Crippen molar-refractivity contribution in [3.05, 3.63) is 59.8 Å². The zero-order valence-corrected chi connectivity index (χ0v) is 15.0. The van der Waals surface area contributed by atoms with Gasteiger partial charge in [0, 0.05) is 0 Å². The first-order valence-corrected chi connectivity index (χ1v) is 9.00. The van der Waals surface area contributed by atoms with Crippen LogP contribution in [-0.4, -0.2) is 24.9 Å². The van der Waals surface area contributed by atoms with Gasteiger partial charge in [-0.25, -0.2) is 9.67 Å². The Kier molecular flexibility index (Phi) is 4.99. The summed E-state index contributed by atoms with van der Waals surface area (Å²) in [6.45, 7) is 6.35. The molecule has 0 radical (unpaired) electrons. The second-order valence-electron chi connectivity index (χ2n) is 6.52. The zero-order valence-electron chi connectivity index (χ0n) is 14.1. The molecule has 1 aromatic carbocycles. The Hall–Kier alpha value is -2.15. The second kappa shape index (κ2) is 7.17. The molecular formula is C17H21N5OS. The van der Waals surface area contributed by atoms with Crippen LogP contribution in [-0.2, 0) is 23.5 Å². The number of benzene rings is 1. The standard InChI is InChI=1S/C17H21N5OS/c1-17(2,3)22-15(18-12-19-22)11-24-10-14-20-16(23-21-14)9-13-7-5-4-6-8-13/h4-8,12H,9-11H2,1-3H3. The lowest BCUT2D eigenvalue weighted by Gasteiger charge is -2.20. The molecule has 2 aromatic heterocycles. The zero-order chi connectivity index (χ0) is 17.0. The largest absolute Gasteiger partial charge is 0.339 e. The quantitative estimate of drug-likeness (QED) is 0.683. The predicted octanol–water partition coefficient (Wildman–Crippen LogP) is 3.44. The van der Waals surface area contributed by atoms with Crippen LogP contribution in [0.5, 0.6) is 0 Å². The molecule has 7 heteroatoms. The van der Waals surface area contributed by atoms with Gasteiger partial charge in [-0.2, -0.15) is 10.1 Å². The third-order valence-electron chi connectivity index (χ3n) is 3.42. The van der Waals surface area contributed by atoms with E-state index in [0.717, 1.165) is 11.6 Å². The van der Waals surface area contributed by atoms with E-state index in [4.69, 9.17) is 4.52 Å². The Morgan fingerprint density at radius 1 is 1.12 bits per heavy atom. The van der Waals surface area contributed by atoms with Gasteiger partial charge in [0.2, 0.25) is 5.89 Å². The fourth-order valence-corrected chi connectivity index (χ4v) is 3.13. The van der Waals surface area contributed by atoms with Crippen LogP contribution in [0.3, 0.4) is 0 Å². The molecule has 0 saturated heterocycles. The van der Waals surface area contributed by atoms with E-state index in [9.17, 15) is 0 Å². The van der Waals surface area contributed by atoms with Gasteiger partial charge in [-0.3, -0.25) is 0 Å². The molecule has 0 N–H and O–H groups in total. The van der Waals surface area contributed by atoms with E-state index in [1.54, 1.807) is 18.1 Å². The van der Waals surface area contributed by atoms with E-state index in [1.165, 1.54) is 5.56 Å². The van der Waals surface area contributed by atoms with Gasteiger partial charge in [-0.15, -0.1) is 11.8 Å². The smallest absolute Gasteiger partial charge is 0.231 e. The molecule has 24 heavy (non-hydrogen) atoms. The summed E-state index contributed by atoms with van der Waals surface area (Å²) in [4.78, 5) is 8.80. The molecule has 0 bridgehead atoms. The van der Waals surface area contributed by atoms with Crippen LogP contribution in [0.4, 0.5) is 0 Å². The Morgan fingerprint density at radius 2 is 1.92 bits per heavy atom. The molecule has 0 aliphatic heterocycles. The molecule has 6 nitrogen and oxygen atoms in total. The lowest BCUT2D eigenvalue weighted by molar-refractivity contribution is 0.345. The number of rotatable bonds is 6. The van der Waals surface area contributed by atoms with Crippen LogP contribution in [0.25, 0.3) is 0 Å². The highest BCUT2D eigenvalue weighted by Crippen LogP contribution is 2.20. The van der Waals surface area contributed by atoms with Gasteiger partial charge in [0.25, 0.3) is 0 Å². The molecule has 0 unspecified atom stereocenters. The lowest BCUT2D eigenvalue weighted by atomic mass is 10.1. The highest BCUT2D eigenvalue weighted by Gasteiger charge is 2.18. The monoisotopic (exact) mass is 343 g/mol. The summed E-state index contributed by atoms with van der Waals surface area (Å²) in [6, 6.07) is 10.1. The summed E-state index contributed by atoms with van der Waals surface area (Å²) in [5, 5.41) is 8.36. The molecule has 0 atom stereocenters. The fraction of sp³-hybridized carbons (Fsp3) is 0.412. The van der Waals surface area contributed by atoms with Crippen LogP contribution in [0.1, 0.15) is 43.9 Å². The number of thioether (sulfide) groups is 1. The summed E-state index contributed by atoms with van der Waals surface area (Å²) < 4.78 is 7.28. The van der Waals surface area contributed by atoms with E-state index in [2.05, 4.69) is 53.1 Å². The Balaban J connectivity index is 1.54. The van der Waals surface area contributed by atoms with Crippen LogP contribution < -0.4 is 0 Å². The van der Waals surface area contributed by atoms with Crippen molar-refractivity contribution < 1.29 is 4.52 Å². The van der Waals surface area contributed by atoms with Gasteiger partial charge in [0.15, 0.2) is 5.82 Å². The van der Waals surface area contributed by atoms with Crippen LogP contribution in [0.15, 0.2) is 41.2 Å². The van der Waals surface area contributed by atoms with Crippen molar-refractivity contribution in [1.29, 1.82) is 0 Å². The minimum Gasteiger partial charge on any atom is -0.339 e. The number of aromatic nitrogens is 5. The number of hydrogen-bond acceptors (Lipinski definition) is 6. The van der Waals surface area contributed by atoms with Crippen molar-refractivity contribution in [3.63, 3.8) is 0 Å². The fourth-order valence-electron chi connectivity index (χ4n) is 2.35. The van der Waals surface area contributed by atoms with Gasteiger partial charge >= 0.3 is 0 Å². The predicted molar refractivity (Wildman–Crippen MR) is 93.6 cm³/mol. The summed E-state index contributed by atoms with van der Waals surface area (Å²) in [6.07, 6.45) is 2.27. The highest BCUT2D eigenvalue weighted by molar-refractivity contribution is 7.97. The molecule has 0 saturated carbocycles. The van der Waals surface area contributed by atoms with E-state index in [1.807, 2.05) is 22.9 Å². The molecule has 3 aromatic rings. The summed E-state index contributed by atoms with van der Waals surface area (Å²) in [7, 11) is 0.